The molecule has 0 aliphatic carbocycles. The molecule has 0 amide bonds. The molecule has 0 fully saturated rings. The van der Waals surface area contributed by atoms with Crippen LogP contribution in [0, 0.1) is 29.5 Å². The lowest BCUT2D eigenvalue weighted by Crippen LogP contribution is -2.00. The zero-order chi connectivity index (χ0) is 13.1. The largest absolute Gasteiger partial charge is 0.368 e. The second kappa shape index (κ2) is 4.52. The molecule has 18 heavy (non-hydrogen) atoms. The van der Waals surface area contributed by atoms with Crippen molar-refractivity contribution >= 4 is 5.95 Å². The van der Waals surface area contributed by atoms with Crippen LogP contribution >= 0.6 is 0 Å². The highest BCUT2D eigenvalue weighted by Gasteiger charge is 2.12. The quantitative estimate of drug-likeness (QED) is 0.767. The highest BCUT2D eigenvalue weighted by atomic mass is 19.1. The molecule has 2 N–H and O–H groups in total. The molecule has 0 saturated heterocycles. The van der Waals surface area contributed by atoms with Crippen molar-refractivity contribution in [2.75, 3.05) is 5.73 Å². The van der Waals surface area contributed by atoms with Gasteiger partial charge >= 0.3 is 0 Å². The van der Waals surface area contributed by atoms with Gasteiger partial charge in [0.05, 0.1) is 11.3 Å². The minimum atomic E-state index is -0.652. The molecule has 0 aliphatic rings. The van der Waals surface area contributed by atoms with Crippen molar-refractivity contribution in [3.63, 3.8) is 0 Å². The minimum Gasteiger partial charge on any atom is -0.368 e. The Morgan fingerprint density at radius 3 is 2.78 bits per heavy atom. The maximum Gasteiger partial charge on any atom is 0.221 e. The lowest BCUT2D eigenvalue weighted by atomic mass is 10.1. The molecule has 1 aromatic carbocycles. The summed E-state index contributed by atoms with van der Waals surface area (Å²) >= 11 is 0. The Kier molecular flexibility index (Phi) is 2.90. The molecule has 5 heteroatoms. The van der Waals surface area contributed by atoms with Gasteiger partial charge < -0.3 is 5.73 Å². The SMILES string of the molecule is C#Cc1cc(-c2cccc(C#N)c2F)nc(N)n1. The van der Waals surface area contributed by atoms with E-state index in [1.807, 2.05) is 0 Å². The molecule has 0 aliphatic heterocycles. The summed E-state index contributed by atoms with van der Waals surface area (Å²) < 4.78 is 14.0. The number of terminal acetylenes is 1. The number of nitrogens with zero attached hydrogens (tertiary/aromatic N) is 3. The fraction of sp³-hybridized carbons (Fsp3) is 0. The monoisotopic (exact) mass is 238 g/mol. The topological polar surface area (TPSA) is 75.6 Å². The fourth-order valence-electron chi connectivity index (χ4n) is 1.49. The van der Waals surface area contributed by atoms with Crippen molar-refractivity contribution in [1.29, 1.82) is 5.26 Å². The molecule has 0 bridgehead atoms. The average Bonchev–Trinajstić information content (AvgIpc) is 2.38. The molecule has 0 atom stereocenters. The highest BCUT2D eigenvalue weighted by molar-refractivity contribution is 5.64. The van der Waals surface area contributed by atoms with E-state index in [1.165, 1.54) is 18.2 Å². The Bertz CT molecular complexity index is 695. The Labute approximate surface area is 103 Å². The van der Waals surface area contributed by atoms with Gasteiger partial charge in [0.1, 0.15) is 17.6 Å². The second-order valence-corrected chi connectivity index (χ2v) is 3.42. The van der Waals surface area contributed by atoms with Gasteiger partial charge in [-0.15, -0.1) is 6.42 Å². The van der Waals surface area contributed by atoms with Crippen LogP contribution in [-0.4, -0.2) is 9.97 Å². The van der Waals surface area contributed by atoms with Gasteiger partial charge in [-0.1, -0.05) is 12.0 Å². The molecular weight excluding hydrogens is 231 g/mol. The van der Waals surface area contributed by atoms with E-state index in [9.17, 15) is 4.39 Å². The summed E-state index contributed by atoms with van der Waals surface area (Å²) in [5.41, 5.74) is 6.11. The molecule has 0 radical (unpaired) electrons. The molecule has 86 valence electrons. The van der Waals surface area contributed by atoms with Gasteiger partial charge in [0.15, 0.2) is 0 Å². The van der Waals surface area contributed by atoms with Crippen LogP contribution in [0.4, 0.5) is 10.3 Å². The van der Waals surface area contributed by atoms with Crippen LogP contribution in [0.15, 0.2) is 24.3 Å². The van der Waals surface area contributed by atoms with E-state index in [0.29, 0.717) is 0 Å². The first-order valence-corrected chi connectivity index (χ1v) is 4.96. The number of aromatic nitrogens is 2. The molecule has 1 aromatic heterocycles. The summed E-state index contributed by atoms with van der Waals surface area (Å²) in [6.45, 7) is 0. The lowest BCUT2D eigenvalue weighted by molar-refractivity contribution is 0.627. The summed E-state index contributed by atoms with van der Waals surface area (Å²) in [6, 6.07) is 7.64. The zero-order valence-corrected chi connectivity index (χ0v) is 9.18. The predicted molar refractivity (Wildman–Crippen MR) is 64.5 cm³/mol. The van der Waals surface area contributed by atoms with Gasteiger partial charge in [-0.3, -0.25) is 0 Å². The van der Waals surface area contributed by atoms with Gasteiger partial charge in [-0.25, -0.2) is 14.4 Å². The Hall–Kier alpha value is -2.92. The molecule has 0 saturated carbocycles. The van der Waals surface area contributed by atoms with Crippen molar-refractivity contribution in [2.45, 2.75) is 0 Å². The van der Waals surface area contributed by atoms with Crippen LogP contribution in [-0.2, 0) is 0 Å². The van der Waals surface area contributed by atoms with Crippen molar-refractivity contribution in [2.24, 2.45) is 0 Å². The molecule has 4 nitrogen and oxygen atoms in total. The molecule has 0 spiro atoms. The summed E-state index contributed by atoms with van der Waals surface area (Å²) in [7, 11) is 0. The van der Waals surface area contributed by atoms with Crippen LogP contribution < -0.4 is 5.73 Å². The van der Waals surface area contributed by atoms with Crippen LogP contribution in [0.5, 0.6) is 0 Å². The lowest BCUT2D eigenvalue weighted by Gasteiger charge is -2.05. The number of benzene rings is 1. The minimum absolute atomic E-state index is 0.0396. The molecule has 0 unspecified atom stereocenters. The van der Waals surface area contributed by atoms with Crippen molar-refractivity contribution < 1.29 is 4.39 Å². The maximum atomic E-state index is 14.0. The first-order valence-electron chi connectivity index (χ1n) is 4.96. The first-order chi connectivity index (χ1) is 8.65. The Morgan fingerprint density at radius 1 is 1.33 bits per heavy atom. The van der Waals surface area contributed by atoms with E-state index in [2.05, 4.69) is 15.9 Å². The van der Waals surface area contributed by atoms with E-state index in [4.69, 9.17) is 17.4 Å². The number of hydrogen-bond donors (Lipinski definition) is 1. The van der Waals surface area contributed by atoms with Crippen LogP contribution in [0.25, 0.3) is 11.3 Å². The molecule has 2 aromatic rings. The zero-order valence-electron chi connectivity index (χ0n) is 9.18. The standard InChI is InChI=1S/C13H7FN4/c1-2-9-6-11(18-13(16)17-9)10-5-3-4-8(7-15)12(10)14/h1,3-6H,(H2,16,17,18). The Morgan fingerprint density at radius 2 is 2.11 bits per heavy atom. The maximum absolute atomic E-state index is 14.0. The summed E-state index contributed by atoms with van der Waals surface area (Å²) in [4.78, 5) is 7.70. The van der Waals surface area contributed by atoms with E-state index in [1.54, 1.807) is 12.1 Å². The third kappa shape index (κ3) is 1.98. The van der Waals surface area contributed by atoms with Crippen molar-refractivity contribution in [1.82, 2.24) is 9.97 Å². The third-order valence-electron chi connectivity index (χ3n) is 2.29. The summed E-state index contributed by atoms with van der Waals surface area (Å²) in [5.74, 6) is 1.62. The first kappa shape index (κ1) is 11.6. The Balaban J connectivity index is 2.67. The molecule has 1 heterocycles. The predicted octanol–water partition coefficient (Wildman–Crippen LogP) is 1.72. The number of rotatable bonds is 1. The van der Waals surface area contributed by atoms with E-state index >= 15 is 0 Å². The number of nitrogens with two attached hydrogens (primary N) is 1. The van der Waals surface area contributed by atoms with Gasteiger partial charge in [-0.05, 0) is 18.2 Å². The normalized spacial score (nSPS) is 9.50. The molecular formula is C13H7FN4. The van der Waals surface area contributed by atoms with E-state index < -0.39 is 5.82 Å². The number of anilines is 1. The van der Waals surface area contributed by atoms with Crippen LogP contribution in [0.1, 0.15) is 11.3 Å². The van der Waals surface area contributed by atoms with Crippen LogP contribution in [0.3, 0.4) is 0 Å². The number of nitrogen functional groups attached to an aromatic ring is 1. The summed E-state index contributed by atoms with van der Waals surface area (Å²) in [5, 5.41) is 8.77. The number of nitriles is 1. The smallest absolute Gasteiger partial charge is 0.221 e. The van der Waals surface area contributed by atoms with Crippen molar-refractivity contribution in [3.8, 4) is 29.7 Å². The number of halogens is 1. The highest BCUT2D eigenvalue weighted by Crippen LogP contribution is 2.23. The van der Waals surface area contributed by atoms with Crippen LogP contribution in [0.2, 0.25) is 0 Å². The molecule has 2 rings (SSSR count). The van der Waals surface area contributed by atoms with Crippen molar-refractivity contribution in [3.05, 3.63) is 41.3 Å². The van der Waals surface area contributed by atoms with Gasteiger partial charge in [0.2, 0.25) is 5.95 Å². The summed E-state index contributed by atoms with van der Waals surface area (Å²) in [6.07, 6.45) is 5.22. The van der Waals surface area contributed by atoms with Gasteiger partial charge in [0, 0.05) is 5.56 Å². The van der Waals surface area contributed by atoms with E-state index in [-0.39, 0.29) is 28.5 Å². The van der Waals surface area contributed by atoms with Gasteiger partial charge in [-0.2, -0.15) is 5.26 Å². The number of hydrogen-bond acceptors (Lipinski definition) is 4. The third-order valence-corrected chi connectivity index (χ3v) is 2.29. The van der Waals surface area contributed by atoms with E-state index in [0.717, 1.165) is 0 Å². The van der Waals surface area contributed by atoms with Gasteiger partial charge in [0.25, 0.3) is 0 Å². The average molecular weight is 238 g/mol. The second-order valence-electron chi connectivity index (χ2n) is 3.42. The fourth-order valence-corrected chi connectivity index (χ4v) is 1.49.